The number of piperazine rings is 1. The van der Waals surface area contributed by atoms with Gasteiger partial charge >= 0.3 is 0 Å². The summed E-state index contributed by atoms with van der Waals surface area (Å²) in [6.07, 6.45) is 0.601. The summed E-state index contributed by atoms with van der Waals surface area (Å²) in [5, 5.41) is 2.76. The molecule has 2 heterocycles. The summed E-state index contributed by atoms with van der Waals surface area (Å²) in [6, 6.07) is 3.49. The van der Waals surface area contributed by atoms with E-state index in [-0.39, 0.29) is 11.8 Å². The molecule has 0 aromatic carbocycles. The molecule has 1 fully saturated rings. The number of nitrogens with one attached hydrogen (secondary N) is 1. The van der Waals surface area contributed by atoms with Crippen molar-refractivity contribution in [3.63, 3.8) is 0 Å². The minimum Gasteiger partial charge on any atom is -0.343 e. The van der Waals surface area contributed by atoms with Crippen LogP contribution in [0.1, 0.15) is 32.1 Å². The number of hydrogen-bond donors (Lipinski definition) is 1. The van der Waals surface area contributed by atoms with E-state index in [1.165, 1.54) is 0 Å². The van der Waals surface area contributed by atoms with Crippen molar-refractivity contribution < 1.29 is 9.59 Å². The smallest absolute Gasteiger partial charge is 0.246 e. The van der Waals surface area contributed by atoms with Gasteiger partial charge in [-0.2, -0.15) is 0 Å². The summed E-state index contributed by atoms with van der Waals surface area (Å²) >= 11 is 5.01. The van der Waals surface area contributed by atoms with Crippen LogP contribution < -0.4 is 5.32 Å². The molecule has 0 bridgehead atoms. The Kier molecular flexibility index (Phi) is 4.01. The molecule has 1 saturated heterocycles. The first-order valence-corrected chi connectivity index (χ1v) is 7.86. The monoisotopic (exact) mass is 344 g/mol. The molecule has 2 amide bonds. The maximum absolute atomic E-state index is 12.4. The van der Waals surface area contributed by atoms with Crippen LogP contribution in [0.15, 0.2) is 15.9 Å². The highest BCUT2D eigenvalue weighted by atomic mass is 79.9. The molecule has 0 aliphatic carbocycles. The van der Waals surface area contributed by atoms with Gasteiger partial charge in [0.05, 0.1) is 10.3 Å². The number of carbonyl (C=O) groups is 2. The van der Waals surface area contributed by atoms with Crippen LogP contribution in [0.2, 0.25) is 0 Å². The fourth-order valence-corrected chi connectivity index (χ4v) is 3.68. The third kappa shape index (κ3) is 2.56. The van der Waals surface area contributed by atoms with Gasteiger partial charge in [0.2, 0.25) is 11.8 Å². The number of halogens is 1. The Morgan fingerprint density at radius 1 is 1.47 bits per heavy atom. The minimum atomic E-state index is -0.764. The van der Waals surface area contributed by atoms with E-state index in [0.29, 0.717) is 13.0 Å². The van der Waals surface area contributed by atoms with E-state index in [4.69, 9.17) is 0 Å². The molecule has 2 atom stereocenters. The number of nitrogens with zero attached hydrogens (tertiary/aromatic N) is 1. The molecule has 1 aliphatic heterocycles. The first kappa shape index (κ1) is 14.5. The Bertz CT molecular complexity index is 516. The summed E-state index contributed by atoms with van der Waals surface area (Å²) < 4.78 is 1.03. The third-order valence-corrected chi connectivity index (χ3v) is 5.31. The van der Waals surface area contributed by atoms with Crippen molar-refractivity contribution in [1.29, 1.82) is 0 Å². The van der Waals surface area contributed by atoms with E-state index in [0.717, 1.165) is 8.66 Å². The lowest BCUT2D eigenvalue weighted by Crippen LogP contribution is -2.68. The van der Waals surface area contributed by atoms with Gasteiger partial charge in [-0.25, -0.2) is 0 Å². The molecule has 1 aromatic heterocycles. The van der Waals surface area contributed by atoms with Crippen LogP contribution >= 0.6 is 27.3 Å². The van der Waals surface area contributed by atoms with Crippen molar-refractivity contribution >= 4 is 39.1 Å². The highest BCUT2D eigenvalue weighted by Gasteiger charge is 2.46. The highest BCUT2D eigenvalue weighted by molar-refractivity contribution is 9.11. The lowest BCUT2D eigenvalue weighted by atomic mass is 9.91. The molecular formula is C13H17BrN2O2S. The second-order valence-corrected chi connectivity index (χ2v) is 7.50. The van der Waals surface area contributed by atoms with E-state index in [2.05, 4.69) is 21.2 Å². The number of rotatable bonds is 3. The van der Waals surface area contributed by atoms with Crippen LogP contribution in [0.3, 0.4) is 0 Å². The average Bonchev–Trinajstić information content (AvgIpc) is 2.78. The second kappa shape index (κ2) is 5.25. The third-order valence-electron chi connectivity index (χ3n) is 3.70. The molecule has 4 nitrogen and oxygen atoms in total. The maximum Gasteiger partial charge on any atom is 0.246 e. The fourth-order valence-electron chi connectivity index (χ4n) is 2.21. The zero-order valence-corrected chi connectivity index (χ0v) is 13.6. The van der Waals surface area contributed by atoms with E-state index < -0.39 is 11.6 Å². The topological polar surface area (TPSA) is 49.4 Å². The molecule has 19 heavy (non-hydrogen) atoms. The van der Waals surface area contributed by atoms with Gasteiger partial charge < -0.3 is 10.2 Å². The van der Waals surface area contributed by atoms with Gasteiger partial charge in [0, 0.05) is 4.88 Å². The number of hydrogen-bond acceptors (Lipinski definition) is 3. The number of amides is 2. The molecular weight excluding hydrogens is 328 g/mol. The van der Waals surface area contributed by atoms with Crippen LogP contribution in [0.4, 0.5) is 0 Å². The van der Waals surface area contributed by atoms with Crippen molar-refractivity contribution in [2.24, 2.45) is 0 Å². The molecule has 0 spiro atoms. The predicted octanol–water partition coefficient (Wildman–Crippen LogP) is 2.53. The summed E-state index contributed by atoms with van der Waals surface area (Å²) in [4.78, 5) is 27.3. The fraction of sp³-hybridized carbons (Fsp3) is 0.538. The largest absolute Gasteiger partial charge is 0.343 e. The quantitative estimate of drug-likeness (QED) is 0.915. The van der Waals surface area contributed by atoms with Gasteiger partial charge in [0.25, 0.3) is 0 Å². The van der Waals surface area contributed by atoms with Gasteiger partial charge in [-0.1, -0.05) is 6.92 Å². The first-order chi connectivity index (χ1) is 8.88. The van der Waals surface area contributed by atoms with E-state index in [1.807, 2.05) is 26.0 Å². The van der Waals surface area contributed by atoms with Crippen LogP contribution in [-0.4, -0.2) is 28.3 Å². The van der Waals surface area contributed by atoms with Crippen molar-refractivity contribution in [3.05, 3.63) is 20.8 Å². The number of carbonyl (C=O) groups excluding carboxylic acids is 2. The zero-order chi connectivity index (χ0) is 14.2. The normalized spacial score (nSPS) is 27.6. The predicted molar refractivity (Wildman–Crippen MR) is 78.9 cm³/mol. The van der Waals surface area contributed by atoms with Crippen LogP contribution in [0, 0.1) is 0 Å². The standard InChI is InChI=1S/C13H17BrN2O2S/c1-4-13(3)12(18)15-8(2)11(17)16(13)7-9-5-6-10(14)19-9/h5-6,8H,4,7H2,1-3H3,(H,15,18). The van der Waals surface area contributed by atoms with E-state index >= 15 is 0 Å². The van der Waals surface area contributed by atoms with Crippen molar-refractivity contribution in [1.82, 2.24) is 10.2 Å². The second-order valence-electron chi connectivity index (χ2n) is 4.95. The molecule has 104 valence electrons. The first-order valence-electron chi connectivity index (χ1n) is 6.25. The molecule has 1 N–H and O–H groups in total. The molecule has 0 radical (unpaired) electrons. The highest BCUT2D eigenvalue weighted by Crippen LogP contribution is 2.30. The Labute approximate surface area is 125 Å². The van der Waals surface area contributed by atoms with Crippen molar-refractivity contribution in [3.8, 4) is 0 Å². The number of thiophene rings is 1. The lowest BCUT2D eigenvalue weighted by molar-refractivity contribution is -0.157. The van der Waals surface area contributed by atoms with Crippen molar-refractivity contribution in [2.45, 2.75) is 45.3 Å². The molecule has 1 aliphatic rings. The summed E-state index contributed by atoms with van der Waals surface area (Å²) in [5.41, 5.74) is -0.764. The molecule has 1 aromatic rings. The molecule has 6 heteroatoms. The summed E-state index contributed by atoms with van der Waals surface area (Å²) in [7, 11) is 0. The van der Waals surface area contributed by atoms with Gasteiger partial charge in [0.1, 0.15) is 11.6 Å². The SMILES string of the molecule is CCC1(C)C(=O)NC(C)C(=O)N1Cc1ccc(Br)s1. The minimum absolute atomic E-state index is 0.0199. The van der Waals surface area contributed by atoms with Crippen molar-refractivity contribution in [2.75, 3.05) is 0 Å². The van der Waals surface area contributed by atoms with Crippen LogP contribution in [0.25, 0.3) is 0 Å². The van der Waals surface area contributed by atoms with Crippen LogP contribution in [0.5, 0.6) is 0 Å². The molecule has 2 unspecified atom stereocenters. The summed E-state index contributed by atoms with van der Waals surface area (Å²) in [6.45, 7) is 5.97. The van der Waals surface area contributed by atoms with Gasteiger partial charge in [-0.15, -0.1) is 11.3 Å². The van der Waals surface area contributed by atoms with Crippen LogP contribution in [-0.2, 0) is 16.1 Å². The Morgan fingerprint density at radius 3 is 2.68 bits per heavy atom. The summed E-state index contributed by atoms with van der Waals surface area (Å²) in [5.74, 6) is -0.0915. The average molecular weight is 345 g/mol. The molecule has 2 rings (SSSR count). The van der Waals surface area contributed by atoms with Gasteiger partial charge in [-0.3, -0.25) is 9.59 Å². The van der Waals surface area contributed by atoms with Gasteiger partial charge in [-0.05, 0) is 48.3 Å². The Hall–Kier alpha value is -0.880. The van der Waals surface area contributed by atoms with E-state index in [9.17, 15) is 9.59 Å². The zero-order valence-electron chi connectivity index (χ0n) is 11.2. The van der Waals surface area contributed by atoms with Gasteiger partial charge in [0.15, 0.2) is 0 Å². The maximum atomic E-state index is 12.4. The lowest BCUT2D eigenvalue weighted by Gasteiger charge is -2.45. The van der Waals surface area contributed by atoms with E-state index in [1.54, 1.807) is 23.2 Å². The Balaban J connectivity index is 2.31. The Morgan fingerprint density at radius 2 is 2.16 bits per heavy atom. The molecule has 0 saturated carbocycles.